The van der Waals surface area contributed by atoms with Gasteiger partial charge in [0.05, 0.1) is 11.4 Å². The highest BCUT2D eigenvalue weighted by molar-refractivity contribution is 5.61. The number of pyridine rings is 1. The summed E-state index contributed by atoms with van der Waals surface area (Å²) < 4.78 is 0. The van der Waals surface area contributed by atoms with E-state index in [4.69, 9.17) is 4.98 Å². The summed E-state index contributed by atoms with van der Waals surface area (Å²) in [7, 11) is 2.19. The molecule has 3 heterocycles. The summed E-state index contributed by atoms with van der Waals surface area (Å²) in [4.78, 5) is 11.9. The molecule has 4 heteroatoms. The van der Waals surface area contributed by atoms with Gasteiger partial charge in [0.2, 0.25) is 0 Å². The molecule has 0 atom stereocenters. The van der Waals surface area contributed by atoms with Crippen molar-refractivity contribution in [3.63, 3.8) is 0 Å². The van der Waals surface area contributed by atoms with Gasteiger partial charge >= 0.3 is 0 Å². The third kappa shape index (κ3) is 3.33. The first-order valence-electron chi connectivity index (χ1n) is 8.15. The SMILES string of the molecule is C=C1CCN(C(=C)c2cccc(N3CCCN(C)CC3)n2)C1. The van der Waals surface area contributed by atoms with Gasteiger partial charge < -0.3 is 14.7 Å². The van der Waals surface area contributed by atoms with Gasteiger partial charge in [0.25, 0.3) is 0 Å². The van der Waals surface area contributed by atoms with Crippen LogP contribution in [0.5, 0.6) is 0 Å². The Hall–Kier alpha value is -1.81. The van der Waals surface area contributed by atoms with Crippen LogP contribution in [-0.4, -0.2) is 61.1 Å². The molecule has 2 aliphatic rings. The molecule has 2 fully saturated rings. The molecule has 4 nitrogen and oxygen atoms in total. The number of likely N-dealkylation sites (N-methyl/N-ethyl adjacent to an activating group) is 1. The molecule has 0 amide bonds. The first-order chi connectivity index (χ1) is 10.6. The zero-order valence-corrected chi connectivity index (χ0v) is 13.6. The predicted octanol–water partition coefficient (Wildman–Crippen LogP) is 2.46. The van der Waals surface area contributed by atoms with Gasteiger partial charge in [-0.2, -0.15) is 0 Å². The molecule has 1 aromatic heterocycles. The van der Waals surface area contributed by atoms with E-state index >= 15 is 0 Å². The Morgan fingerprint density at radius 3 is 2.77 bits per heavy atom. The summed E-state index contributed by atoms with van der Waals surface area (Å²) in [6, 6.07) is 6.28. The van der Waals surface area contributed by atoms with Gasteiger partial charge in [-0.3, -0.25) is 0 Å². The van der Waals surface area contributed by atoms with Crippen LogP contribution < -0.4 is 4.90 Å². The molecule has 0 spiro atoms. The van der Waals surface area contributed by atoms with Gasteiger partial charge in [-0.1, -0.05) is 24.8 Å². The highest BCUT2D eigenvalue weighted by atomic mass is 15.2. The third-order valence-electron chi connectivity index (χ3n) is 4.61. The Morgan fingerprint density at radius 1 is 1.14 bits per heavy atom. The van der Waals surface area contributed by atoms with Gasteiger partial charge in [-0.05, 0) is 38.6 Å². The van der Waals surface area contributed by atoms with E-state index in [1.54, 1.807) is 0 Å². The van der Waals surface area contributed by atoms with Crippen LogP contribution in [0.1, 0.15) is 18.5 Å². The van der Waals surface area contributed by atoms with Crippen LogP contribution in [-0.2, 0) is 0 Å². The number of hydrogen-bond donors (Lipinski definition) is 0. The minimum absolute atomic E-state index is 0.916. The van der Waals surface area contributed by atoms with Crippen molar-refractivity contribution in [1.82, 2.24) is 14.8 Å². The Kier molecular flexibility index (Phi) is 4.48. The lowest BCUT2D eigenvalue weighted by Crippen LogP contribution is -2.29. The van der Waals surface area contributed by atoms with Gasteiger partial charge in [0.1, 0.15) is 5.82 Å². The second kappa shape index (κ2) is 6.53. The standard InChI is InChI=1S/C18H26N4/c1-15-8-11-22(14-15)16(2)17-6-4-7-18(19-17)21-10-5-9-20(3)12-13-21/h4,6-7H,1-2,5,8-14H2,3H3. The molecule has 1 aromatic rings. The normalized spacial score (nSPS) is 20.3. The Balaban J connectivity index is 1.74. The molecule has 22 heavy (non-hydrogen) atoms. The van der Waals surface area contributed by atoms with Crippen LogP contribution in [0.4, 0.5) is 5.82 Å². The van der Waals surface area contributed by atoms with Crippen molar-refractivity contribution in [2.24, 2.45) is 0 Å². The molecule has 0 aromatic carbocycles. The largest absolute Gasteiger partial charge is 0.366 e. The maximum absolute atomic E-state index is 4.87. The minimum Gasteiger partial charge on any atom is -0.366 e. The van der Waals surface area contributed by atoms with Crippen molar-refractivity contribution < 1.29 is 0 Å². The zero-order valence-electron chi connectivity index (χ0n) is 13.6. The quantitative estimate of drug-likeness (QED) is 0.800. The molecule has 2 aliphatic heterocycles. The van der Waals surface area contributed by atoms with E-state index in [1.807, 2.05) is 0 Å². The molecule has 0 saturated carbocycles. The van der Waals surface area contributed by atoms with E-state index < -0.39 is 0 Å². The number of nitrogens with zero attached hydrogens (tertiary/aromatic N) is 4. The second-order valence-electron chi connectivity index (χ2n) is 6.39. The molecule has 0 bridgehead atoms. The molecule has 118 valence electrons. The van der Waals surface area contributed by atoms with Crippen LogP contribution in [0, 0.1) is 0 Å². The van der Waals surface area contributed by atoms with Gasteiger partial charge in [-0.25, -0.2) is 4.98 Å². The summed E-state index contributed by atoms with van der Waals surface area (Å²) >= 11 is 0. The maximum atomic E-state index is 4.87. The average Bonchev–Trinajstić information content (AvgIpc) is 2.84. The summed E-state index contributed by atoms with van der Waals surface area (Å²) in [5.74, 6) is 1.08. The van der Waals surface area contributed by atoms with Crippen molar-refractivity contribution in [2.45, 2.75) is 12.8 Å². The lowest BCUT2D eigenvalue weighted by atomic mass is 10.2. The van der Waals surface area contributed by atoms with Gasteiger partial charge in [0.15, 0.2) is 0 Å². The monoisotopic (exact) mass is 298 g/mol. The fourth-order valence-corrected chi connectivity index (χ4v) is 3.15. The molecule has 0 aliphatic carbocycles. The number of hydrogen-bond acceptors (Lipinski definition) is 4. The lowest BCUT2D eigenvalue weighted by Gasteiger charge is -2.24. The van der Waals surface area contributed by atoms with Crippen molar-refractivity contribution in [3.05, 3.63) is 42.6 Å². The van der Waals surface area contributed by atoms with Crippen LogP contribution in [0.15, 0.2) is 36.9 Å². The molecule has 3 rings (SSSR count). The highest BCUT2D eigenvalue weighted by Crippen LogP contribution is 2.25. The van der Waals surface area contributed by atoms with E-state index in [2.05, 4.69) is 53.1 Å². The third-order valence-corrected chi connectivity index (χ3v) is 4.61. The lowest BCUT2D eigenvalue weighted by molar-refractivity contribution is 0.360. The van der Waals surface area contributed by atoms with Gasteiger partial charge in [-0.15, -0.1) is 0 Å². The fourth-order valence-electron chi connectivity index (χ4n) is 3.15. The van der Waals surface area contributed by atoms with E-state index in [1.165, 1.54) is 18.5 Å². The van der Waals surface area contributed by atoms with Crippen molar-refractivity contribution in [1.29, 1.82) is 0 Å². The van der Waals surface area contributed by atoms with Crippen molar-refractivity contribution in [2.75, 3.05) is 51.2 Å². The number of aromatic nitrogens is 1. The zero-order chi connectivity index (χ0) is 15.5. The summed E-state index contributed by atoms with van der Waals surface area (Å²) in [5.41, 5.74) is 3.30. The highest BCUT2D eigenvalue weighted by Gasteiger charge is 2.19. The first-order valence-corrected chi connectivity index (χ1v) is 8.15. The van der Waals surface area contributed by atoms with Crippen LogP contribution >= 0.6 is 0 Å². The molecule has 0 N–H and O–H groups in total. The number of anilines is 1. The van der Waals surface area contributed by atoms with Crippen molar-refractivity contribution >= 4 is 11.5 Å². The maximum Gasteiger partial charge on any atom is 0.129 e. The summed E-state index contributed by atoms with van der Waals surface area (Å²) in [5, 5.41) is 0. The minimum atomic E-state index is 0.916. The van der Waals surface area contributed by atoms with Crippen molar-refractivity contribution in [3.8, 4) is 0 Å². The second-order valence-corrected chi connectivity index (χ2v) is 6.39. The van der Waals surface area contributed by atoms with E-state index in [0.29, 0.717) is 0 Å². The predicted molar refractivity (Wildman–Crippen MR) is 92.9 cm³/mol. The van der Waals surface area contributed by atoms with E-state index in [9.17, 15) is 0 Å². The fraction of sp³-hybridized carbons (Fsp3) is 0.500. The molecular weight excluding hydrogens is 272 g/mol. The smallest absolute Gasteiger partial charge is 0.129 e. The van der Waals surface area contributed by atoms with Crippen LogP contribution in [0.3, 0.4) is 0 Å². The molecule has 2 saturated heterocycles. The Bertz CT molecular complexity index is 566. The summed E-state index contributed by atoms with van der Waals surface area (Å²) in [6.07, 6.45) is 2.26. The van der Waals surface area contributed by atoms with Crippen LogP contribution in [0.25, 0.3) is 5.70 Å². The first kappa shape index (κ1) is 15.1. The molecule has 0 radical (unpaired) electrons. The number of rotatable bonds is 3. The molecule has 0 unspecified atom stereocenters. The topological polar surface area (TPSA) is 22.6 Å². The van der Waals surface area contributed by atoms with E-state index in [-0.39, 0.29) is 0 Å². The Morgan fingerprint density at radius 2 is 2.00 bits per heavy atom. The van der Waals surface area contributed by atoms with E-state index in [0.717, 1.165) is 56.4 Å². The molecular formula is C18H26N4. The average molecular weight is 298 g/mol. The van der Waals surface area contributed by atoms with Gasteiger partial charge in [0, 0.05) is 32.7 Å². The summed E-state index contributed by atoms with van der Waals surface area (Å²) in [6.45, 7) is 14.6. The van der Waals surface area contributed by atoms with Crippen LogP contribution in [0.2, 0.25) is 0 Å². The number of likely N-dealkylation sites (tertiary alicyclic amines) is 1. The Labute approximate surface area is 133 Å².